The lowest BCUT2D eigenvalue weighted by Gasteiger charge is -2.14. The van der Waals surface area contributed by atoms with E-state index >= 15 is 0 Å². The summed E-state index contributed by atoms with van der Waals surface area (Å²) < 4.78 is 10.7. The third kappa shape index (κ3) is 6.15. The molecule has 1 atom stereocenters. The molecule has 6 nitrogen and oxygen atoms in total. The number of carbonyl (C=O) groups is 2. The topological polar surface area (TPSA) is 88.4 Å². The minimum atomic E-state index is -0.921. The van der Waals surface area contributed by atoms with Crippen LogP contribution in [-0.2, 0) is 20.7 Å². The van der Waals surface area contributed by atoms with Crippen LogP contribution in [0.25, 0.3) is 0 Å². The number of benzene rings is 2. The standard InChI is InChI=1S/C21H22N2O4/c1-3-26-19-7-5-4-6-17(19)10-13-20(24)27-15(2)21(25)23-18-11-8-16(14-22)9-12-18/h4-9,11-12,15H,3,10,13H2,1-2H3,(H,23,25)/t15-/m1/s1. The molecule has 0 fully saturated rings. The van der Waals surface area contributed by atoms with Crippen molar-refractivity contribution in [1.29, 1.82) is 5.26 Å². The second-order valence-electron chi connectivity index (χ2n) is 5.85. The molecule has 6 heteroatoms. The van der Waals surface area contributed by atoms with E-state index in [0.29, 0.717) is 24.3 Å². The van der Waals surface area contributed by atoms with Crippen molar-refractivity contribution in [2.24, 2.45) is 0 Å². The van der Waals surface area contributed by atoms with E-state index in [-0.39, 0.29) is 6.42 Å². The van der Waals surface area contributed by atoms with Gasteiger partial charge in [0, 0.05) is 12.1 Å². The molecule has 0 spiro atoms. The van der Waals surface area contributed by atoms with Gasteiger partial charge < -0.3 is 14.8 Å². The highest BCUT2D eigenvalue weighted by Crippen LogP contribution is 2.20. The average molecular weight is 366 g/mol. The maximum atomic E-state index is 12.1. The Morgan fingerprint density at radius 2 is 1.85 bits per heavy atom. The van der Waals surface area contributed by atoms with E-state index in [1.54, 1.807) is 24.3 Å². The van der Waals surface area contributed by atoms with Crippen LogP contribution in [0.15, 0.2) is 48.5 Å². The highest BCUT2D eigenvalue weighted by Gasteiger charge is 2.18. The van der Waals surface area contributed by atoms with Gasteiger partial charge in [0.1, 0.15) is 5.75 Å². The van der Waals surface area contributed by atoms with Crippen molar-refractivity contribution >= 4 is 17.6 Å². The summed E-state index contributed by atoms with van der Waals surface area (Å²) >= 11 is 0. The van der Waals surface area contributed by atoms with Gasteiger partial charge >= 0.3 is 5.97 Å². The fourth-order valence-electron chi connectivity index (χ4n) is 2.43. The normalized spacial score (nSPS) is 11.1. The molecule has 0 bridgehead atoms. The molecule has 140 valence electrons. The fraction of sp³-hybridized carbons (Fsp3) is 0.286. The first-order valence-electron chi connectivity index (χ1n) is 8.74. The summed E-state index contributed by atoms with van der Waals surface area (Å²) in [7, 11) is 0. The van der Waals surface area contributed by atoms with Crippen LogP contribution in [0, 0.1) is 11.3 Å². The van der Waals surface area contributed by atoms with Gasteiger partial charge in [-0.25, -0.2) is 0 Å². The Balaban J connectivity index is 1.84. The van der Waals surface area contributed by atoms with Crippen LogP contribution in [0.4, 0.5) is 5.69 Å². The zero-order valence-corrected chi connectivity index (χ0v) is 15.4. The zero-order chi connectivity index (χ0) is 19.6. The monoisotopic (exact) mass is 366 g/mol. The Morgan fingerprint density at radius 1 is 1.15 bits per heavy atom. The molecule has 2 aromatic rings. The molecule has 0 aromatic heterocycles. The van der Waals surface area contributed by atoms with Gasteiger partial charge in [-0.15, -0.1) is 0 Å². The minimum absolute atomic E-state index is 0.151. The molecule has 1 N–H and O–H groups in total. The molecular weight excluding hydrogens is 344 g/mol. The summed E-state index contributed by atoms with van der Waals surface area (Å²) in [6, 6.07) is 16.0. The van der Waals surface area contributed by atoms with Crippen molar-refractivity contribution in [3.8, 4) is 11.8 Å². The number of anilines is 1. The maximum absolute atomic E-state index is 12.1. The number of hydrogen-bond donors (Lipinski definition) is 1. The van der Waals surface area contributed by atoms with E-state index in [9.17, 15) is 9.59 Å². The summed E-state index contributed by atoms with van der Waals surface area (Å²) in [5.41, 5.74) is 1.96. The number of carbonyl (C=O) groups excluding carboxylic acids is 2. The Kier molecular flexibility index (Phi) is 7.38. The van der Waals surface area contributed by atoms with Crippen LogP contribution < -0.4 is 10.1 Å². The second-order valence-corrected chi connectivity index (χ2v) is 5.85. The number of hydrogen-bond acceptors (Lipinski definition) is 5. The van der Waals surface area contributed by atoms with Crippen molar-refractivity contribution in [2.45, 2.75) is 32.8 Å². The summed E-state index contributed by atoms with van der Waals surface area (Å²) in [5, 5.41) is 11.4. The molecule has 0 unspecified atom stereocenters. The molecule has 0 saturated heterocycles. The van der Waals surface area contributed by atoms with Crippen LogP contribution in [0.5, 0.6) is 5.75 Å². The van der Waals surface area contributed by atoms with Crippen molar-refractivity contribution in [3.63, 3.8) is 0 Å². The highest BCUT2D eigenvalue weighted by molar-refractivity contribution is 5.95. The number of esters is 1. The lowest BCUT2D eigenvalue weighted by molar-refractivity contribution is -0.153. The number of ether oxygens (including phenoxy) is 2. The van der Waals surface area contributed by atoms with Crippen LogP contribution in [0.2, 0.25) is 0 Å². The molecule has 1 amide bonds. The molecule has 2 aromatic carbocycles. The van der Waals surface area contributed by atoms with Crippen molar-refractivity contribution in [3.05, 3.63) is 59.7 Å². The second kappa shape index (κ2) is 9.97. The number of para-hydroxylation sites is 1. The maximum Gasteiger partial charge on any atom is 0.306 e. The SMILES string of the molecule is CCOc1ccccc1CCC(=O)O[C@H](C)C(=O)Nc1ccc(C#N)cc1. The van der Waals surface area contributed by atoms with Gasteiger partial charge in [-0.1, -0.05) is 18.2 Å². The van der Waals surface area contributed by atoms with E-state index < -0.39 is 18.0 Å². The van der Waals surface area contributed by atoms with Gasteiger partial charge in [0.25, 0.3) is 5.91 Å². The molecule has 0 radical (unpaired) electrons. The first-order chi connectivity index (χ1) is 13.0. The third-order valence-electron chi connectivity index (χ3n) is 3.83. The van der Waals surface area contributed by atoms with Crippen LogP contribution in [0.3, 0.4) is 0 Å². The Hall–Kier alpha value is -3.33. The lowest BCUT2D eigenvalue weighted by Crippen LogP contribution is -2.30. The van der Waals surface area contributed by atoms with Crippen LogP contribution in [0.1, 0.15) is 31.4 Å². The smallest absolute Gasteiger partial charge is 0.306 e. The van der Waals surface area contributed by atoms with Crippen molar-refractivity contribution in [2.75, 3.05) is 11.9 Å². The van der Waals surface area contributed by atoms with Gasteiger partial charge in [-0.3, -0.25) is 9.59 Å². The van der Waals surface area contributed by atoms with Crippen molar-refractivity contribution in [1.82, 2.24) is 0 Å². The van der Waals surface area contributed by atoms with Crippen LogP contribution in [-0.4, -0.2) is 24.6 Å². The molecule has 0 aliphatic heterocycles. The van der Waals surface area contributed by atoms with Gasteiger partial charge in [-0.05, 0) is 56.2 Å². The Morgan fingerprint density at radius 3 is 2.52 bits per heavy atom. The molecule has 0 saturated carbocycles. The number of nitrogens with zero attached hydrogens (tertiary/aromatic N) is 1. The van der Waals surface area contributed by atoms with Gasteiger partial charge in [0.2, 0.25) is 0 Å². The predicted molar refractivity (Wildman–Crippen MR) is 101 cm³/mol. The number of nitriles is 1. The summed E-state index contributed by atoms with van der Waals surface area (Å²) in [4.78, 5) is 24.2. The van der Waals surface area contributed by atoms with Crippen LogP contribution >= 0.6 is 0 Å². The molecule has 0 heterocycles. The number of rotatable bonds is 8. The fourth-order valence-corrected chi connectivity index (χ4v) is 2.43. The van der Waals surface area contributed by atoms with Crippen molar-refractivity contribution < 1.29 is 19.1 Å². The predicted octanol–water partition coefficient (Wildman–Crippen LogP) is 3.46. The molecule has 0 aliphatic rings. The number of nitrogens with one attached hydrogen (secondary N) is 1. The number of aryl methyl sites for hydroxylation is 1. The third-order valence-corrected chi connectivity index (χ3v) is 3.83. The van der Waals surface area contributed by atoms with E-state index in [2.05, 4.69) is 5.32 Å². The van der Waals surface area contributed by atoms with Gasteiger partial charge in [-0.2, -0.15) is 5.26 Å². The Bertz CT molecular complexity index is 825. The van der Waals surface area contributed by atoms with E-state index in [1.807, 2.05) is 37.3 Å². The largest absolute Gasteiger partial charge is 0.494 e. The number of amides is 1. The minimum Gasteiger partial charge on any atom is -0.494 e. The van der Waals surface area contributed by atoms with E-state index in [0.717, 1.165) is 11.3 Å². The molecule has 27 heavy (non-hydrogen) atoms. The zero-order valence-electron chi connectivity index (χ0n) is 15.4. The van der Waals surface area contributed by atoms with E-state index in [4.69, 9.17) is 14.7 Å². The lowest BCUT2D eigenvalue weighted by atomic mass is 10.1. The first-order valence-corrected chi connectivity index (χ1v) is 8.74. The van der Waals surface area contributed by atoms with Gasteiger partial charge in [0.15, 0.2) is 6.10 Å². The van der Waals surface area contributed by atoms with Gasteiger partial charge in [0.05, 0.1) is 18.2 Å². The Labute approximate surface area is 158 Å². The average Bonchev–Trinajstić information content (AvgIpc) is 2.68. The summed E-state index contributed by atoms with van der Waals surface area (Å²) in [5.74, 6) is -0.133. The quantitative estimate of drug-likeness (QED) is 0.723. The molecular formula is C21H22N2O4. The first kappa shape index (κ1) is 20.0. The molecule has 0 aliphatic carbocycles. The summed E-state index contributed by atoms with van der Waals surface area (Å²) in [6.45, 7) is 3.97. The highest BCUT2D eigenvalue weighted by atomic mass is 16.5. The molecule has 2 rings (SSSR count). The van der Waals surface area contributed by atoms with E-state index in [1.165, 1.54) is 6.92 Å². The summed E-state index contributed by atoms with van der Waals surface area (Å²) in [6.07, 6.45) is -0.298.